The Morgan fingerprint density at radius 3 is 2.38 bits per heavy atom. The molecule has 0 aliphatic carbocycles. The first-order valence-electron chi connectivity index (χ1n) is 6.52. The molecule has 1 atom stereocenters. The fraction of sp³-hybridized carbons (Fsp3) is 1.00. The van der Waals surface area contributed by atoms with Gasteiger partial charge in [0.2, 0.25) is 0 Å². The Morgan fingerprint density at radius 1 is 1.31 bits per heavy atom. The maximum absolute atomic E-state index is 9.93. The molecule has 1 aliphatic rings. The van der Waals surface area contributed by atoms with Crippen LogP contribution in [-0.4, -0.2) is 47.8 Å². The van der Waals surface area contributed by atoms with Gasteiger partial charge in [0.25, 0.3) is 0 Å². The molecular weight excluding hydrogens is 200 g/mol. The second-order valence-electron chi connectivity index (χ2n) is 6.27. The van der Waals surface area contributed by atoms with E-state index in [4.69, 9.17) is 0 Å². The van der Waals surface area contributed by atoms with Gasteiger partial charge in [0.15, 0.2) is 0 Å². The van der Waals surface area contributed by atoms with Crippen LogP contribution < -0.4 is 5.32 Å². The van der Waals surface area contributed by atoms with E-state index in [2.05, 4.69) is 37.9 Å². The topological polar surface area (TPSA) is 35.5 Å². The fourth-order valence-electron chi connectivity index (χ4n) is 2.03. The molecule has 1 unspecified atom stereocenters. The highest BCUT2D eigenvalue weighted by Crippen LogP contribution is 2.15. The lowest BCUT2D eigenvalue weighted by Gasteiger charge is -2.32. The molecule has 0 bridgehead atoms. The molecule has 0 amide bonds. The first-order chi connectivity index (χ1) is 7.37. The van der Waals surface area contributed by atoms with Crippen molar-refractivity contribution in [3.05, 3.63) is 0 Å². The molecule has 0 saturated carbocycles. The van der Waals surface area contributed by atoms with Crippen molar-refractivity contribution < 1.29 is 5.11 Å². The van der Waals surface area contributed by atoms with Crippen LogP contribution in [0, 0.1) is 5.92 Å². The van der Waals surface area contributed by atoms with E-state index in [1.165, 1.54) is 12.8 Å². The molecule has 3 nitrogen and oxygen atoms in total. The summed E-state index contributed by atoms with van der Waals surface area (Å²) in [6, 6.07) is 0. The number of piperidine rings is 1. The van der Waals surface area contributed by atoms with Crippen LogP contribution in [0.15, 0.2) is 0 Å². The highest BCUT2D eigenvalue weighted by molar-refractivity contribution is 4.76. The summed E-state index contributed by atoms with van der Waals surface area (Å²) in [5.41, 5.74) is 0.0946. The summed E-state index contributed by atoms with van der Waals surface area (Å²) in [5.74, 6) is 0.862. The lowest BCUT2D eigenvalue weighted by Crippen LogP contribution is -2.46. The molecule has 1 heterocycles. The van der Waals surface area contributed by atoms with Crippen molar-refractivity contribution >= 4 is 0 Å². The number of rotatable bonds is 4. The number of aliphatic hydroxyl groups excluding tert-OH is 1. The predicted octanol–water partition coefficient (Wildman–Crippen LogP) is 1.47. The second kappa shape index (κ2) is 5.99. The van der Waals surface area contributed by atoms with Crippen LogP contribution in [0.3, 0.4) is 0 Å². The van der Waals surface area contributed by atoms with E-state index in [0.717, 1.165) is 25.6 Å². The van der Waals surface area contributed by atoms with Crippen molar-refractivity contribution in [2.24, 2.45) is 5.92 Å². The number of hydrogen-bond acceptors (Lipinski definition) is 3. The van der Waals surface area contributed by atoms with Crippen molar-refractivity contribution in [3.63, 3.8) is 0 Å². The average molecular weight is 228 g/mol. The number of hydrogen-bond donors (Lipinski definition) is 2. The lowest BCUT2D eigenvalue weighted by molar-refractivity contribution is 0.0864. The lowest BCUT2D eigenvalue weighted by atomic mass is 9.99. The van der Waals surface area contributed by atoms with E-state index in [1.54, 1.807) is 0 Å². The first kappa shape index (κ1) is 13.9. The second-order valence-corrected chi connectivity index (χ2v) is 6.27. The number of aliphatic hydroxyl groups is 1. The molecule has 3 heteroatoms. The van der Waals surface area contributed by atoms with Crippen LogP contribution in [0.2, 0.25) is 0 Å². The third-order valence-corrected chi connectivity index (χ3v) is 3.21. The van der Waals surface area contributed by atoms with E-state index < -0.39 is 0 Å². The molecule has 16 heavy (non-hydrogen) atoms. The third kappa shape index (κ3) is 5.83. The Kier molecular flexibility index (Phi) is 5.22. The molecule has 1 rings (SSSR count). The largest absolute Gasteiger partial charge is 0.390 e. The Hall–Kier alpha value is -0.120. The number of β-amino-alcohol motifs (C(OH)–C–C–N with tert-alkyl or cyclic N) is 1. The van der Waals surface area contributed by atoms with Gasteiger partial charge >= 0.3 is 0 Å². The van der Waals surface area contributed by atoms with Crippen molar-refractivity contribution in [2.45, 2.75) is 52.2 Å². The zero-order valence-electron chi connectivity index (χ0n) is 11.3. The van der Waals surface area contributed by atoms with Crippen LogP contribution in [0.5, 0.6) is 0 Å². The third-order valence-electron chi connectivity index (χ3n) is 3.21. The van der Waals surface area contributed by atoms with Gasteiger partial charge in [-0.05, 0) is 52.6 Å². The molecule has 0 aromatic rings. The predicted molar refractivity (Wildman–Crippen MR) is 68.6 cm³/mol. The Balaban J connectivity index is 2.16. The number of nitrogens with one attached hydrogen (secondary N) is 1. The average Bonchev–Trinajstić information content (AvgIpc) is 2.18. The molecule has 0 aromatic carbocycles. The highest BCUT2D eigenvalue weighted by Gasteiger charge is 2.19. The minimum absolute atomic E-state index is 0.0946. The van der Waals surface area contributed by atoms with E-state index >= 15 is 0 Å². The minimum Gasteiger partial charge on any atom is -0.390 e. The van der Waals surface area contributed by atoms with Crippen molar-refractivity contribution in [3.8, 4) is 0 Å². The normalized spacial score (nSPS) is 22.3. The highest BCUT2D eigenvalue weighted by atomic mass is 16.3. The summed E-state index contributed by atoms with van der Waals surface area (Å²) in [5, 5.41) is 13.3. The van der Waals surface area contributed by atoms with Crippen LogP contribution in [-0.2, 0) is 0 Å². The van der Waals surface area contributed by atoms with E-state index in [0.29, 0.717) is 6.54 Å². The SMILES string of the molecule is CC1CCN(CC(O)CNC(C)(C)C)CC1. The summed E-state index contributed by atoms with van der Waals surface area (Å²) in [4.78, 5) is 2.38. The Morgan fingerprint density at radius 2 is 1.88 bits per heavy atom. The summed E-state index contributed by atoms with van der Waals surface area (Å²) >= 11 is 0. The molecule has 1 aliphatic heterocycles. The molecule has 0 spiro atoms. The van der Waals surface area contributed by atoms with Crippen LogP contribution in [0.25, 0.3) is 0 Å². The van der Waals surface area contributed by atoms with Crippen molar-refractivity contribution in [1.82, 2.24) is 10.2 Å². The van der Waals surface area contributed by atoms with Gasteiger partial charge in [-0.15, -0.1) is 0 Å². The van der Waals surface area contributed by atoms with Gasteiger partial charge in [0.05, 0.1) is 6.10 Å². The van der Waals surface area contributed by atoms with Crippen molar-refractivity contribution in [1.29, 1.82) is 0 Å². The quantitative estimate of drug-likeness (QED) is 0.765. The maximum atomic E-state index is 9.93. The monoisotopic (exact) mass is 228 g/mol. The molecular formula is C13H28N2O. The van der Waals surface area contributed by atoms with Gasteiger partial charge in [0.1, 0.15) is 0 Å². The summed E-state index contributed by atoms with van der Waals surface area (Å²) in [7, 11) is 0. The molecule has 0 radical (unpaired) electrons. The van der Waals surface area contributed by atoms with Crippen LogP contribution >= 0.6 is 0 Å². The Labute approximate surface area is 100 Å². The van der Waals surface area contributed by atoms with E-state index in [9.17, 15) is 5.11 Å². The standard InChI is InChI=1S/C13H28N2O/c1-11-5-7-15(8-6-11)10-12(16)9-14-13(2,3)4/h11-12,14,16H,5-10H2,1-4H3. The van der Waals surface area contributed by atoms with Gasteiger partial charge < -0.3 is 15.3 Å². The fourth-order valence-corrected chi connectivity index (χ4v) is 2.03. The van der Waals surface area contributed by atoms with Crippen LogP contribution in [0.4, 0.5) is 0 Å². The van der Waals surface area contributed by atoms with E-state index in [-0.39, 0.29) is 11.6 Å². The van der Waals surface area contributed by atoms with Gasteiger partial charge in [0, 0.05) is 18.6 Å². The van der Waals surface area contributed by atoms with Gasteiger partial charge in [-0.3, -0.25) is 0 Å². The zero-order valence-corrected chi connectivity index (χ0v) is 11.3. The van der Waals surface area contributed by atoms with E-state index in [1.807, 2.05) is 0 Å². The zero-order chi connectivity index (χ0) is 12.2. The molecule has 0 aromatic heterocycles. The summed E-state index contributed by atoms with van der Waals surface area (Å²) in [6.07, 6.45) is 2.31. The molecule has 1 saturated heterocycles. The summed E-state index contributed by atoms with van der Waals surface area (Å²) < 4.78 is 0. The molecule has 2 N–H and O–H groups in total. The van der Waals surface area contributed by atoms with Gasteiger partial charge in [-0.2, -0.15) is 0 Å². The molecule has 1 fully saturated rings. The number of likely N-dealkylation sites (tertiary alicyclic amines) is 1. The van der Waals surface area contributed by atoms with Crippen molar-refractivity contribution in [2.75, 3.05) is 26.2 Å². The molecule has 96 valence electrons. The minimum atomic E-state index is -0.243. The smallest absolute Gasteiger partial charge is 0.0791 e. The first-order valence-corrected chi connectivity index (χ1v) is 6.52. The van der Waals surface area contributed by atoms with Gasteiger partial charge in [-0.1, -0.05) is 6.92 Å². The Bertz CT molecular complexity index is 193. The van der Waals surface area contributed by atoms with Gasteiger partial charge in [-0.25, -0.2) is 0 Å². The number of nitrogens with zero attached hydrogens (tertiary/aromatic N) is 1. The maximum Gasteiger partial charge on any atom is 0.0791 e. The van der Waals surface area contributed by atoms with Crippen LogP contribution in [0.1, 0.15) is 40.5 Å². The summed E-state index contributed by atoms with van der Waals surface area (Å²) in [6.45, 7) is 12.5.